The Hall–Kier alpha value is -2.88. The SMILES string of the molecule is CN=C(NCc1ccc(OCc2ccccn2)cc1)NCC(C)Oc1ccc(F)cc1.I. The van der Waals surface area contributed by atoms with Crippen molar-refractivity contribution in [3.05, 3.63) is 90.0 Å². The van der Waals surface area contributed by atoms with Crippen molar-refractivity contribution in [1.82, 2.24) is 15.6 Å². The Balaban J connectivity index is 0.00000363. The highest BCUT2D eigenvalue weighted by molar-refractivity contribution is 14.0. The van der Waals surface area contributed by atoms with E-state index in [2.05, 4.69) is 20.6 Å². The summed E-state index contributed by atoms with van der Waals surface area (Å²) in [5.41, 5.74) is 1.99. The van der Waals surface area contributed by atoms with E-state index in [1.807, 2.05) is 49.4 Å². The van der Waals surface area contributed by atoms with Gasteiger partial charge in [-0.1, -0.05) is 18.2 Å². The molecule has 6 nitrogen and oxygen atoms in total. The van der Waals surface area contributed by atoms with Crippen LogP contribution in [0.4, 0.5) is 4.39 Å². The highest BCUT2D eigenvalue weighted by atomic mass is 127. The molecule has 32 heavy (non-hydrogen) atoms. The van der Waals surface area contributed by atoms with Crippen LogP contribution in [0.3, 0.4) is 0 Å². The number of rotatable bonds is 9. The van der Waals surface area contributed by atoms with Crippen molar-refractivity contribution in [3.8, 4) is 11.5 Å². The summed E-state index contributed by atoms with van der Waals surface area (Å²) in [6, 6.07) is 19.6. The Kier molecular flexibility index (Phi) is 10.7. The minimum Gasteiger partial charge on any atom is -0.489 e. The van der Waals surface area contributed by atoms with Gasteiger partial charge in [-0.05, 0) is 61.0 Å². The fourth-order valence-corrected chi connectivity index (χ4v) is 2.78. The van der Waals surface area contributed by atoms with Crippen LogP contribution in [-0.4, -0.2) is 30.6 Å². The van der Waals surface area contributed by atoms with Crippen LogP contribution in [0.1, 0.15) is 18.2 Å². The number of pyridine rings is 1. The van der Waals surface area contributed by atoms with Gasteiger partial charge in [-0.15, -0.1) is 24.0 Å². The first-order valence-corrected chi connectivity index (χ1v) is 10.1. The van der Waals surface area contributed by atoms with Crippen molar-refractivity contribution in [3.63, 3.8) is 0 Å². The normalized spacial score (nSPS) is 11.8. The third kappa shape index (κ3) is 8.70. The maximum atomic E-state index is 13.0. The molecule has 3 aromatic rings. The molecule has 170 valence electrons. The second kappa shape index (κ2) is 13.5. The second-order valence-corrected chi connectivity index (χ2v) is 6.94. The molecule has 1 aromatic heterocycles. The molecule has 2 aromatic carbocycles. The Labute approximate surface area is 205 Å². The Morgan fingerprint density at radius 3 is 2.38 bits per heavy atom. The molecule has 3 rings (SSSR count). The van der Waals surface area contributed by atoms with Gasteiger partial charge >= 0.3 is 0 Å². The third-order valence-electron chi connectivity index (χ3n) is 4.43. The lowest BCUT2D eigenvalue weighted by Gasteiger charge is -2.18. The molecule has 8 heteroatoms. The topological polar surface area (TPSA) is 67.8 Å². The maximum absolute atomic E-state index is 13.0. The Bertz CT molecular complexity index is 954. The van der Waals surface area contributed by atoms with E-state index in [0.717, 1.165) is 17.0 Å². The second-order valence-electron chi connectivity index (χ2n) is 6.94. The first kappa shape index (κ1) is 25.4. The number of aromatic nitrogens is 1. The Morgan fingerprint density at radius 2 is 1.72 bits per heavy atom. The van der Waals surface area contributed by atoms with Crippen molar-refractivity contribution >= 4 is 29.9 Å². The maximum Gasteiger partial charge on any atom is 0.191 e. The number of benzene rings is 2. The minimum absolute atomic E-state index is 0. The van der Waals surface area contributed by atoms with Gasteiger partial charge in [0.25, 0.3) is 0 Å². The summed E-state index contributed by atoms with van der Waals surface area (Å²) in [4.78, 5) is 8.48. The fraction of sp³-hybridized carbons (Fsp3) is 0.250. The van der Waals surface area contributed by atoms with Gasteiger partial charge in [0.15, 0.2) is 5.96 Å². The van der Waals surface area contributed by atoms with E-state index < -0.39 is 0 Å². The number of nitrogens with one attached hydrogen (secondary N) is 2. The average molecular weight is 550 g/mol. The smallest absolute Gasteiger partial charge is 0.191 e. The van der Waals surface area contributed by atoms with Crippen molar-refractivity contribution < 1.29 is 13.9 Å². The van der Waals surface area contributed by atoms with Crippen LogP contribution in [0.25, 0.3) is 0 Å². The van der Waals surface area contributed by atoms with Gasteiger partial charge in [0.2, 0.25) is 0 Å². The molecule has 1 unspecified atom stereocenters. The molecule has 0 radical (unpaired) electrons. The van der Waals surface area contributed by atoms with Crippen LogP contribution in [-0.2, 0) is 13.2 Å². The number of aliphatic imine (C=N–C) groups is 1. The van der Waals surface area contributed by atoms with E-state index in [-0.39, 0.29) is 35.9 Å². The highest BCUT2D eigenvalue weighted by Crippen LogP contribution is 2.14. The number of hydrogen-bond acceptors (Lipinski definition) is 4. The Morgan fingerprint density at radius 1 is 1.00 bits per heavy atom. The molecule has 0 aliphatic heterocycles. The molecule has 0 bridgehead atoms. The van der Waals surface area contributed by atoms with E-state index in [1.165, 1.54) is 12.1 Å². The summed E-state index contributed by atoms with van der Waals surface area (Å²) in [6.45, 7) is 3.55. The van der Waals surface area contributed by atoms with Crippen LogP contribution >= 0.6 is 24.0 Å². The summed E-state index contributed by atoms with van der Waals surface area (Å²) in [5, 5.41) is 6.50. The van der Waals surface area contributed by atoms with E-state index in [4.69, 9.17) is 9.47 Å². The first-order chi connectivity index (χ1) is 15.1. The molecule has 0 aliphatic carbocycles. The zero-order valence-electron chi connectivity index (χ0n) is 18.1. The summed E-state index contributed by atoms with van der Waals surface area (Å²) in [5.74, 6) is 1.81. The van der Waals surface area contributed by atoms with Gasteiger partial charge in [-0.2, -0.15) is 0 Å². The van der Waals surface area contributed by atoms with Gasteiger partial charge in [0.05, 0.1) is 12.2 Å². The molecule has 0 fully saturated rings. The van der Waals surface area contributed by atoms with E-state index in [0.29, 0.717) is 31.4 Å². The summed E-state index contributed by atoms with van der Waals surface area (Å²) in [7, 11) is 1.72. The summed E-state index contributed by atoms with van der Waals surface area (Å²) < 4.78 is 24.5. The molecule has 2 N–H and O–H groups in total. The zero-order valence-corrected chi connectivity index (χ0v) is 20.5. The predicted molar refractivity (Wildman–Crippen MR) is 135 cm³/mol. The molecule has 0 aliphatic rings. The third-order valence-corrected chi connectivity index (χ3v) is 4.43. The number of halogens is 2. The molecule has 0 spiro atoms. The van der Waals surface area contributed by atoms with Crippen molar-refractivity contribution in [1.29, 1.82) is 0 Å². The van der Waals surface area contributed by atoms with E-state index >= 15 is 0 Å². The fourth-order valence-electron chi connectivity index (χ4n) is 2.78. The van der Waals surface area contributed by atoms with E-state index in [9.17, 15) is 4.39 Å². The van der Waals surface area contributed by atoms with Crippen LogP contribution < -0.4 is 20.1 Å². The van der Waals surface area contributed by atoms with Gasteiger partial charge < -0.3 is 20.1 Å². The zero-order chi connectivity index (χ0) is 21.9. The van der Waals surface area contributed by atoms with Gasteiger partial charge in [-0.25, -0.2) is 4.39 Å². The van der Waals surface area contributed by atoms with Gasteiger partial charge in [0.1, 0.15) is 30.0 Å². The molecular formula is C24H28FIN4O2. The lowest BCUT2D eigenvalue weighted by atomic mass is 10.2. The monoisotopic (exact) mass is 550 g/mol. The predicted octanol–water partition coefficient (Wildman–Crippen LogP) is 4.55. The van der Waals surface area contributed by atoms with Crippen LogP contribution in [0.2, 0.25) is 0 Å². The first-order valence-electron chi connectivity index (χ1n) is 10.1. The van der Waals surface area contributed by atoms with Crippen molar-refractivity contribution in [2.75, 3.05) is 13.6 Å². The molecule has 0 saturated heterocycles. The molecule has 1 heterocycles. The number of nitrogens with zero attached hydrogens (tertiary/aromatic N) is 2. The summed E-state index contributed by atoms with van der Waals surface area (Å²) in [6.07, 6.45) is 1.64. The summed E-state index contributed by atoms with van der Waals surface area (Å²) >= 11 is 0. The molecule has 0 amide bonds. The van der Waals surface area contributed by atoms with Crippen molar-refractivity contribution in [2.45, 2.75) is 26.2 Å². The minimum atomic E-state index is -0.282. The van der Waals surface area contributed by atoms with Gasteiger partial charge in [0, 0.05) is 19.8 Å². The standard InChI is InChI=1S/C24H27FN4O2.HI/c1-18(31-23-12-8-20(25)9-13-23)15-28-24(26-2)29-16-19-6-10-22(11-7-19)30-17-21-5-3-4-14-27-21;/h3-14,18H,15-17H2,1-2H3,(H2,26,28,29);1H. The van der Waals surface area contributed by atoms with Crippen LogP contribution in [0.15, 0.2) is 77.9 Å². The number of hydrogen-bond donors (Lipinski definition) is 2. The highest BCUT2D eigenvalue weighted by Gasteiger charge is 2.06. The molecule has 0 saturated carbocycles. The average Bonchev–Trinajstić information content (AvgIpc) is 2.81. The molecule has 1 atom stereocenters. The van der Waals surface area contributed by atoms with Crippen LogP contribution in [0.5, 0.6) is 11.5 Å². The van der Waals surface area contributed by atoms with Crippen LogP contribution in [0, 0.1) is 5.82 Å². The number of guanidine groups is 1. The lowest BCUT2D eigenvalue weighted by molar-refractivity contribution is 0.223. The number of ether oxygens (including phenoxy) is 2. The van der Waals surface area contributed by atoms with Gasteiger partial charge in [-0.3, -0.25) is 9.98 Å². The van der Waals surface area contributed by atoms with E-state index in [1.54, 1.807) is 25.4 Å². The lowest BCUT2D eigenvalue weighted by Crippen LogP contribution is -2.41. The largest absolute Gasteiger partial charge is 0.489 e. The quantitative estimate of drug-likeness (QED) is 0.233. The molecular weight excluding hydrogens is 522 g/mol. The van der Waals surface area contributed by atoms with Crippen molar-refractivity contribution in [2.24, 2.45) is 4.99 Å².